The molecule has 1 aromatic heterocycles. The van der Waals surface area contributed by atoms with Crippen LogP contribution in [0.25, 0.3) is 11.5 Å². The summed E-state index contributed by atoms with van der Waals surface area (Å²) in [6, 6.07) is 6.44. The number of carbonyl (C=O) groups is 1. The Bertz CT molecular complexity index is 585. The summed E-state index contributed by atoms with van der Waals surface area (Å²) in [7, 11) is 0. The van der Waals surface area contributed by atoms with Gasteiger partial charge in [0, 0.05) is 0 Å². The van der Waals surface area contributed by atoms with E-state index in [1.54, 1.807) is 18.2 Å². The van der Waals surface area contributed by atoms with E-state index in [2.05, 4.69) is 15.5 Å². The van der Waals surface area contributed by atoms with Crippen LogP contribution < -0.4 is 5.32 Å². The lowest BCUT2D eigenvalue weighted by Crippen LogP contribution is -2.33. The molecule has 0 aliphatic carbocycles. The molecule has 2 aromatic rings. The van der Waals surface area contributed by atoms with E-state index in [-0.39, 0.29) is 6.54 Å². The number of aromatic nitrogens is 2. The SMILES string of the molecule is CC(NCc1noc(-c2ccccc2Cl)n1)C(=O)O. The van der Waals surface area contributed by atoms with Gasteiger partial charge in [0.2, 0.25) is 0 Å². The number of aliphatic carboxylic acids is 1. The van der Waals surface area contributed by atoms with E-state index in [1.165, 1.54) is 6.92 Å². The molecule has 0 fully saturated rings. The maximum atomic E-state index is 10.6. The third-order valence-corrected chi connectivity index (χ3v) is 2.84. The lowest BCUT2D eigenvalue weighted by molar-refractivity contribution is -0.139. The van der Waals surface area contributed by atoms with Crippen LogP contribution in [0.5, 0.6) is 0 Å². The maximum Gasteiger partial charge on any atom is 0.320 e. The molecule has 2 N–H and O–H groups in total. The molecule has 7 heteroatoms. The first-order valence-electron chi connectivity index (χ1n) is 5.61. The van der Waals surface area contributed by atoms with Crippen molar-refractivity contribution in [2.75, 3.05) is 0 Å². The highest BCUT2D eigenvalue weighted by Crippen LogP contribution is 2.25. The number of nitrogens with zero attached hydrogens (tertiary/aromatic N) is 2. The van der Waals surface area contributed by atoms with Crippen molar-refractivity contribution < 1.29 is 14.4 Å². The fourth-order valence-corrected chi connectivity index (χ4v) is 1.62. The van der Waals surface area contributed by atoms with Gasteiger partial charge in [-0.05, 0) is 19.1 Å². The van der Waals surface area contributed by atoms with Crippen LogP contribution in [0.4, 0.5) is 0 Å². The Balaban J connectivity index is 2.08. The Morgan fingerprint density at radius 3 is 2.95 bits per heavy atom. The maximum absolute atomic E-state index is 10.6. The van der Waals surface area contributed by atoms with E-state index in [9.17, 15) is 4.79 Å². The highest BCUT2D eigenvalue weighted by atomic mass is 35.5. The summed E-state index contributed by atoms with van der Waals surface area (Å²) in [4.78, 5) is 14.8. The van der Waals surface area contributed by atoms with Gasteiger partial charge >= 0.3 is 5.97 Å². The molecular weight excluding hydrogens is 270 g/mol. The molecule has 1 aromatic carbocycles. The summed E-state index contributed by atoms with van der Waals surface area (Å²) in [6.07, 6.45) is 0. The fourth-order valence-electron chi connectivity index (χ4n) is 1.40. The first-order valence-corrected chi connectivity index (χ1v) is 5.99. The van der Waals surface area contributed by atoms with Gasteiger partial charge in [-0.3, -0.25) is 10.1 Å². The molecule has 19 heavy (non-hydrogen) atoms. The molecule has 0 saturated heterocycles. The molecule has 2 rings (SSSR count). The molecule has 1 heterocycles. The average Bonchev–Trinajstić information content (AvgIpc) is 2.85. The zero-order valence-corrected chi connectivity index (χ0v) is 10.9. The molecule has 0 bridgehead atoms. The van der Waals surface area contributed by atoms with Gasteiger partial charge in [-0.15, -0.1) is 0 Å². The lowest BCUT2D eigenvalue weighted by Gasteiger charge is -2.05. The molecule has 0 spiro atoms. The minimum Gasteiger partial charge on any atom is -0.480 e. The van der Waals surface area contributed by atoms with Crippen molar-refractivity contribution in [1.82, 2.24) is 15.5 Å². The van der Waals surface area contributed by atoms with Gasteiger partial charge in [-0.25, -0.2) is 0 Å². The van der Waals surface area contributed by atoms with Crippen LogP contribution in [0, 0.1) is 0 Å². The van der Waals surface area contributed by atoms with Gasteiger partial charge in [0.15, 0.2) is 5.82 Å². The van der Waals surface area contributed by atoms with Crippen molar-refractivity contribution in [3.05, 3.63) is 35.1 Å². The van der Waals surface area contributed by atoms with Crippen LogP contribution in [0.15, 0.2) is 28.8 Å². The van der Waals surface area contributed by atoms with Gasteiger partial charge in [0.05, 0.1) is 17.1 Å². The minimum absolute atomic E-state index is 0.210. The second-order valence-electron chi connectivity index (χ2n) is 3.94. The molecule has 100 valence electrons. The van der Waals surface area contributed by atoms with Crippen molar-refractivity contribution >= 4 is 17.6 Å². The monoisotopic (exact) mass is 281 g/mol. The van der Waals surface area contributed by atoms with Crippen molar-refractivity contribution in [2.24, 2.45) is 0 Å². The highest BCUT2D eigenvalue weighted by Gasteiger charge is 2.14. The van der Waals surface area contributed by atoms with E-state index < -0.39 is 12.0 Å². The molecule has 0 saturated carbocycles. The van der Waals surface area contributed by atoms with E-state index in [0.29, 0.717) is 22.3 Å². The third kappa shape index (κ3) is 3.30. The summed E-state index contributed by atoms with van der Waals surface area (Å²) in [5.41, 5.74) is 0.647. The van der Waals surface area contributed by atoms with Crippen LogP contribution in [-0.2, 0) is 11.3 Å². The van der Waals surface area contributed by atoms with Crippen molar-refractivity contribution in [3.63, 3.8) is 0 Å². The molecule has 0 radical (unpaired) electrons. The van der Waals surface area contributed by atoms with Crippen molar-refractivity contribution in [2.45, 2.75) is 19.5 Å². The van der Waals surface area contributed by atoms with Crippen LogP contribution in [0.3, 0.4) is 0 Å². The fraction of sp³-hybridized carbons (Fsp3) is 0.250. The highest BCUT2D eigenvalue weighted by molar-refractivity contribution is 6.33. The van der Waals surface area contributed by atoms with Gasteiger partial charge in [0.1, 0.15) is 6.04 Å². The number of rotatable bonds is 5. The minimum atomic E-state index is -0.935. The number of hydrogen-bond donors (Lipinski definition) is 2. The molecular formula is C12H12ClN3O3. The van der Waals surface area contributed by atoms with Crippen LogP contribution in [-0.4, -0.2) is 27.3 Å². The molecule has 1 unspecified atom stereocenters. The number of halogens is 1. The summed E-state index contributed by atoms with van der Waals surface area (Å²) < 4.78 is 5.09. The Morgan fingerprint density at radius 1 is 1.53 bits per heavy atom. The first-order chi connectivity index (χ1) is 9.08. The molecule has 6 nitrogen and oxygen atoms in total. The summed E-state index contributed by atoms with van der Waals surface area (Å²) >= 11 is 6.02. The predicted octanol–water partition coefficient (Wildman–Crippen LogP) is 1.95. The van der Waals surface area contributed by atoms with Crippen LogP contribution in [0.1, 0.15) is 12.7 Å². The van der Waals surface area contributed by atoms with Gasteiger partial charge in [-0.2, -0.15) is 4.98 Å². The van der Waals surface area contributed by atoms with Crippen molar-refractivity contribution in [3.8, 4) is 11.5 Å². The van der Waals surface area contributed by atoms with Crippen LogP contribution >= 0.6 is 11.6 Å². The standard InChI is InChI=1S/C12H12ClN3O3/c1-7(12(17)18)14-6-10-15-11(19-16-10)8-4-2-3-5-9(8)13/h2-5,7,14H,6H2,1H3,(H,17,18). The Morgan fingerprint density at radius 2 is 2.26 bits per heavy atom. The Hall–Kier alpha value is -1.92. The number of benzene rings is 1. The normalized spacial score (nSPS) is 12.3. The van der Waals surface area contributed by atoms with Gasteiger partial charge < -0.3 is 9.63 Å². The summed E-state index contributed by atoms with van der Waals surface area (Å²) in [5.74, 6) is -0.247. The van der Waals surface area contributed by atoms with Gasteiger partial charge in [-0.1, -0.05) is 28.9 Å². The molecule has 1 atom stereocenters. The zero-order valence-electron chi connectivity index (χ0n) is 10.1. The molecule has 0 amide bonds. The zero-order chi connectivity index (χ0) is 13.8. The first kappa shape index (κ1) is 13.5. The number of hydrogen-bond acceptors (Lipinski definition) is 5. The lowest BCUT2D eigenvalue weighted by atomic mass is 10.2. The average molecular weight is 282 g/mol. The van der Waals surface area contributed by atoms with Crippen LogP contribution in [0.2, 0.25) is 5.02 Å². The molecule has 0 aliphatic rings. The number of nitrogens with one attached hydrogen (secondary N) is 1. The van der Waals surface area contributed by atoms with E-state index in [0.717, 1.165) is 0 Å². The Labute approximate surface area is 114 Å². The smallest absolute Gasteiger partial charge is 0.320 e. The topological polar surface area (TPSA) is 88.3 Å². The second kappa shape index (κ2) is 5.81. The predicted molar refractivity (Wildman–Crippen MR) is 68.7 cm³/mol. The van der Waals surface area contributed by atoms with Crippen molar-refractivity contribution in [1.29, 1.82) is 0 Å². The quantitative estimate of drug-likeness (QED) is 0.871. The second-order valence-corrected chi connectivity index (χ2v) is 4.34. The number of carboxylic acid groups (broad SMARTS) is 1. The van der Waals surface area contributed by atoms with E-state index in [4.69, 9.17) is 21.2 Å². The largest absolute Gasteiger partial charge is 0.480 e. The number of carboxylic acids is 1. The van der Waals surface area contributed by atoms with Gasteiger partial charge in [0.25, 0.3) is 5.89 Å². The Kier molecular flexibility index (Phi) is 4.13. The summed E-state index contributed by atoms with van der Waals surface area (Å²) in [6.45, 7) is 1.75. The summed E-state index contributed by atoms with van der Waals surface area (Å²) in [5, 5.41) is 15.8. The van der Waals surface area contributed by atoms with E-state index >= 15 is 0 Å². The third-order valence-electron chi connectivity index (χ3n) is 2.51. The van der Waals surface area contributed by atoms with E-state index in [1.807, 2.05) is 6.07 Å². The molecule has 0 aliphatic heterocycles.